The van der Waals surface area contributed by atoms with Crippen LogP contribution in [0.5, 0.6) is 5.75 Å². The molecule has 6 aromatic rings. The number of pyridine rings is 2. The van der Waals surface area contributed by atoms with Gasteiger partial charge < -0.3 is 16.2 Å². The van der Waals surface area contributed by atoms with E-state index in [0.29, 0.717) is 57.6 Å². The summed E-state index contributed by atoms with van der Waals surface area (Å²) in [5, 5.41) is 16.6. The first kappa shape index (κ1) is 27.8. The lowest BCUT2D eigenvalue weighted by atomic mass is 10.1. The van der Waals surface area contributed by atoms with Crippen LogP contribution in [-0.2, 0) is 6.42 Å². The number of amides is 1. The number of nitrogen functional groups attached to an aromatic ring is 1. The van der Waals surface area contributed by atoms with Crippen LogP contribution in [0.3, 0.4) is 0 Å². The molecule has 1 aliphatic carbocycles. The van der Waals surface area contributed by atoms with E-state index in [1.807, 2.05) is 28.8 Å². The van der Waals surface area contributed by atoms with Gasteiger partial charge in [0.2, 0.25) is 0 Å². The summed E-state index contributed by atoms with van der Waals surface area (Å²) in [5.41, 5.74) is 11.8. The van der Waals surface area contributed by atoms with Crippen LogP contribution in [0.25, 0.3) is 39.5 Å². The Morgan fingerprint density at radius 1 is 1.11 bits per heavy atom. The van der Waals surface area contributed by atoms with Crippen molar-refractivity contribution in [3.8, 4) is 34.1 Å². The number of benzene rings is 2. The van der Waals surface area contributed by atoms with E-state index in [4.69, 9.17) is 15.7 Å². The molecular weight excluding hydrogens is 582 g/mol. The van der Waals surface area contributed by atoms with Gasteiger partial charge in [0, 0.05) is 29.2 Å². The first-order valence-electron chi connectivity index (χ1n) is 14.0. The number of hydrogen-bond acceptors (Lipinski definition) is 8. The predicted octanol–water partition coefficient (Wildman–Crippen LogP) is 5.26. The molecule has 0 saturated carbocycles. The maximum atomic E-state index is 13.2. The molecule has 0 spiro atoms. The lowest BCUT2D eigenvalue weighted by molar-refractivity contribution is 0.0566. The van der Waals surface area contributed by atoms with Crippen molar-refractivity contribution in [2.75, 3.05) is 5.73 Å². The number of halogens is 2. The molecule has 2 aromatic carbocycles. The number of phenolic OH excluding ortho intramolecular Hbond substituents is 1. The fraction of sp³-hybridized carbons (Fsp3) is 0.125. The first-order valence-corrected chi connectivity index (χ1v) is 14.0. The number of hydrogen-bond donors (Lipinski definition) is 3. The number of aryl methyl sites for hydroxylation is 1. The average Bonchev–Trinajstić information content (AvgIpc) is 3.78. The number of anilines is 1. The number of aldehydes is 1. The summed E-state index contributed by atoms with van der Waals surface area (Å²) < 4.78 is 28.8. The second-order valence-electron chi connectivity index (χ2n) is 10.6. The number of phenols is 1. The predicted molar refractivity (Wildman–Crippen MR) is 161 cm³/mol. The van der Waals surface area contributed by atoms with Crippen LogP contribution >= 0.6 is 0 Å². The standard InChI is InChI=1S/C32H24F2N8O3/c33-32(34)41-15-20(14-37-41)24-8-9-26-30(38-24)42(29(39-26)23-2-1-11-36-28(23)35)21-5-6-22-17(13-21)3-7-25(22)40-31(45)18-4-10-27(44)19(12-18)16-43/h1-2,4-6,8-16,25,32,44H,3,7H2,(H2,35,36)(H,40,45)/t25-/m0/s1. The molecule has 224 valence electrons. The number of alkyl halides is 2. The highest BCUT2D eigenvalue weighted by molar-refractivity contribution is 5.96. The Hall–Kier alpha value is -5.98. The van der Waals surface area contributed by atoms with Crippen molar-refractivity contribution in [2.24, 2.45) is 0 Å². The van der Waals surface area contributed by atoms with Gasteiger partial charge in [0.25, 0.3) is 5.91 Å². The summed E-state index contributed by atoms with van der Waals surface area (Å²) in [7, 11) is 0. The Kier molecular flexibility index (Phi) is 6.76. The zero-order chi connectivity index (χ0) is 31.2. The Bertz CT molecular complexity index is 2120. The van der Waals surface area contributed by atoms with Crippen molar-refractivity contribution in [3.63, 3.8) is 0 Å². The number of rotatable bonds is 7. The molecule has 11 nitrogen and oxygen atoms in total. The van der Waals surface area contributed by atoms with Crippen LogP contribution in [0.15, 0.2) is 79.3 Å². The van der Waals surface area contributed by atoms with Crippen molar-refractivity contribution in [1.82, 2.24) is 34.6 Å². The Morgan fingerprint density at radius 2 is 1.98 bits per heavy atom. The van der Waals surface area contributed by atoms with Gasteiger partial charge in [0.15, 0.2) is 17.8 Å². The highest BCUT2D eigenvalue weighted by Gasteiger charge is 2.27. The molecule has 7 rings (SSSR count). The zero-order valence-corrected chi connectivity index (χ0v) is 23.4. The van der Waals surface area contributed by atoms with E-state index >= 15 is 0 Å². The molecule has 0 saturated heterocycles. The van der Waals surface area contributed by atoms with Gasteiger partial charge in [0.1, 0.15) is 17.1 Å². The molecule has 1 atom stereocenters. The number of fused-ring (bicyclic) bond motifs is 2. The maximum Gasteiger partial charge on any atom is 0.333 e. The first-order chi connectivity index (χ1) is 21.8. The molecule has 4 aromatic heterocycles. The SMILES string of the molecule is Nc1ncccc1-c1nc2ccc(-c3cnn(C(F)F)c3)nc2n1-c1ccc2c(c1)CC[C@@H]2NC(=O)c1ccc(O)c(C=O)c1. The third-order valence-electron chi connectivity index (χ3n) is 7.87. The van der Waals surface area contributed by atoms with E-state index in [1.54, 1.807) is 24.4 Å². The number of nitrogens with two attached hydrogens (primary N) is 1. The smallest absolute Gasteiger partial charge is 0.333 e. The highest BCUT2D eigenvalue weighted by Crippen LogP contribution is 2.36. The molecule has 0 fully saturated rings. The second kappa shape index (κ2) is 10.9. The molecule has 4 heterocycles. The van der Waals surface area contributed by atoms with Crippen molar-refractivity contribution in [3.05, 3.63) is 102 Å². The van der Waals surface area contributed by atoms with E-state index in [0.717, 1.165) is 16.8 Å². The van der Waals surface area contributed by atoms with Crippen LogP contribution < -0.4 is 11.1 Å². The summed E-state index contributed by atoms with van der Waals surface area (Å²) in [6, 6.07) is 16.8. The van der Waals surface area contributed by atoms with Crippen molar-refractivity contribution < 1.29 is 23.5 Å². The van der Waals surface area contributed by atoms with Gasteiger partial charge in [0.05, 0.1) is 29.1 Å². The van der Waals surface area contributed by atoms with E-state index in [9.17, 15) is 23.5 Å². The van der Waals surface area contributed by atoms with Crippen LogP contribution in [0, 0.1) is 0 Å². The summed E-state index contributed by atoms with van der Waals surface area (Å²) in [6.45, 7) is -2.77. The molecule has 0 unspecified atom stereocenters. The van der Waals surface area contributed by atoms with Crippen LogP contribution in [0.1, 0.15) is 50.9 Å². The number of nitrogens with one attached hydrogen (secondary N) is 1. The lowest BCUT2D eigenvalue weighted by Crippen LogP contribution is -2.27. The monoisotopic (exact) mass is 606 g/mol. The molecule has 1 amide bonds. The number of imidazole rings is 1. The third kappa shape index (κ3) is 4.93. The molecule has 13 heteroatoms. The topological polar surface area (TPSA) is 154 Å². The van der Waals surface area contributed by atoms with Crippen LogP contribution in [-0.4, -0.2) is 46.6 Å². The molecular formula is C32H24F2N8O3. The summed E-state index contributed by atoms with van der Waals surface area (Å²) in [4.78, 5) is 38.1. The number of carbonyl (C=O) groups is 2. The van der Waals surface area contributed by atoms with Crippen LogP contribution in [0.4, 0.5) is 14.6 Å². The van der Waals surface area contributed by atoms with Gasteiger partial charge in [-0.05, 0) is 78.6 Å². The largest absolute Gasteiger partial charge is 0.507 e. The van der Waals surface area contributed by atoms with E-state index in [-0.39, 0.29) is 34.6 Å². The summed E-state index contributed by atoms with van der Waals surface area (Å²) in [6.07, 6.45) is 6.01. The van der Waals surface area contributed by atoms with E-state index in [1.165, 1.54) is 30.6 Å². The summed E-state index contributed by atoms with van der Waals surface area (Å²) >= 11 is 0. The maximum absolute atomic E-state index is 13.2. The Labute approximate surface area is 254 Å². The molecule has 4 N–H and O–H groups in total. The Balaban J connectivity index is 1.29. The number of carbonyl (C=O) groups excluding carboxylic acids is 2. The van der Waals surface area contributed by atoms with E-state index in [2.05, 4.69) is 15.4 Å². The molecule has 0 bridgehead atoms. The number of aromatic nitrogens is 6. The average molecular weight is 607 g/mol. The minimum Gasteiger partial charge on any atom is -0.507 e. The highest BCUT2D eigenvalue weighted by atomic mass is 19.3. The van der Waals surface area contributed by atoms with E-state index < -0.39 is 6.55 Å². The van der Waals surface area contributed by atoms with Gasteiger partial charge in [-0.3, -0.25) is 14.2 Å². The van der Waals surface area contributed by atoms with Gasteiger partial charge in [-0.15, -0.1) is 0 Å². The van der Waals surface area contributed by atoms with Gasteiger partial charge in [-0.25, -0.2) is 19.6 Å². The fourth-order valence-corrected chi connectivity index (χ4v) is 5.65. The molecule has 0 radical (unpaired) electrons. The quantitative estimate of drug-likeness (QED) is 0.208. The minimum absolute atomic E-state index is 0.0383. The van der Waals surface area contributed by atoms with Crippen LogP contribution in [0.2, 0.25) is 0 Å². The van der Waals surface area contributed by atoms with Crippen molar-refractivity contribution in [1.29, 1.82) is 0 Å². The van der Waals surface area contributed by atoms with Gasteiger partial charge in [-0.1, -0.05) is 6.07 Å². The minimum atomic E-state index is -2.77. The zero-order valence-electron chi connectivity index (χ0n) is 23.4. The number of aromatic hydroxyl groups is 1. The summed E-state index contributed by atoms with van der Waals surface area (Å²) in [5.74, 6) is 0.236. The fourth-order valence-electron chi connectivity index (χ4n) is 5.65. The van der Waals surface area contributed by atoms with Crippen molar-refractivity contribution in [2.45, 2.75) is 25.4 Å². The molecule has 1 aliphatic rings. The van der Waals surface area contributed by atoms with Gasteiger partial charge in [-0.2, -0.15) is 13.9 Å². The van der Waals surface area contributed by atoms with Gasteiger partial charge >= 0.3 is 6.55 Å². The Morgan fingerprint density at radius 3 is 2.76 bits per heavy atom. The second-order valence-corrected chi connectivity index (χ2v) is 10.6. The number of nitrogens with zero attached hydrogens (tertiary/aromatic N) is 6. The van der Waals surface area contributed by atoms with Crippen molar-refractivity contribution >= 4 is 29.2 Å². The third-order valence-corrected chi connectivity index (χ3v) is 7.87. The normalized spacial score (nSPS) is 14.2. The molecule has 45 heavy (non-hydrogen) atoms. The lowest BCUT2D eigenvalue weighted by Gasteiger charge is -2.16. The molecule has 0 aliphatic heterocycles.